The summed E-state index contributed by atoms with van der Waals surface area (Å²) in [6.45, 7) is 2.06. The highest BCUT2D eigenvalue weighted by molar-refractivity contribution is 5.51. The number of phenols is 1. The Kier molecular flexibility index (Phi) is 4.06. The third-order valence-corrected chi connectivity index (χ3v) is 3.47. The Morgan fingerprint density at radius 2 is 2.17 bits per heavy atom. The van der Waals surface area contributed by atoms with Gasteiger partial charge in [0, 0.05) is 6.07 Å². The van der Waals surface area contributed by atoms with Crippen molar-refractivity contribution in [1.29, 1.82) is 5.26 Å². The third kappa shape index (κ3) is 2.74. The number of hydrogen-bond acceptors (Lipinski definition) is 4. The van der Waals surface area contributed by atoms with Gasteiger partial charge in [-0.25, -0.2) is 0 Å². The smallest absolute Gasteiger partial charge is 0.162 e. The third-order valence-electron chi connectivity index (χ3n) is 3.47. The molecule has 4 nitrogen and oxygen atoms in total. The molecule has 1 saturated heterocycles. The molecule has 1 aromatic carbocycles. The van der Waals surface area contributed by atoms with Gasteiger partial charge in [-0.05, 0) is 49.9 Å². The normalized spacial score (nSPS) is 16.2. The molecule has 0 aromatic heterocycles. The number of piperidine rings is 1. The van der Waals surface area contributed by atoms with Crippen LogP contribution in [0.1, 0.15) is 24.0 Å². The Morgan fingerprint density at radius 1 is 1.44 bits per heavy atom. The number of rotatable bonds is 3. The topological polar surface area (TPSA) is 65.3 Å². The lowest BCUT2D eigenvalue weighted by molar-refractivity contribution is 0.352. The zero-order valence-corrected chi connectivity index (χ0v) is 10.6. The highest BCUT2D eigenvalue weighted by Crippen LogP contribution is 2.34. The zero-order valence-electron chi connectivity index (χ0n) is 10.6. The molecule has 96 valence electrons. The lowest BCUT2D eigenvalue weighted by atomic mass is 9.90. The number of aromatic hydroxyl groups is 1. The summed E-state index contributed by atoms with van der Waals surface area (Å²) in [4.78, 5) is 0. The molecule has 4 heteroatoms. The summed E-state index contributed by atoms with van der Waals surface area (Å²) in [7, 11) is 1.50. The van der Waals surface area contributed by atoms with E-state index in [1.165, 1.54) is 7.11 Å². The van der Waals surface area contributed by atoms with Crippen LogP contribution in [-0.4, -0.2) is 25.3 Å². The number of methoxy groups -OCH3 is 1. The zero-order chi connectivity index (χ0) is 13.0. The summed E-state index contributed by atoms with van der Waals surface area (Å²) in [6.07, 6.45) is 3.02. The van der Waals surface area contributed by atoms with Crippen LogP contribution >= 0.6 is 0 Å². The fourth-order valence-electron chi connectivity index (χ4n) is 2.44. The number of hydrogen-bond donors (Lipinski definition) is 2. The molecule has 2 N–H and O–H groups in total. The molecule has 2 rings (SSSR count). The predicted molar refractivity (Wildman–Crippen MR) is 68.7 cm³/mol. The summed E-state index contributed by atoms with van der Waals surface area (Å²) in [5.41, 5.74) is 1.35. The van der Waals surface area contributed by atoms with Crippen LogP contribution in [0.4, 0.5) is 0 Å². The van der Waals surface area contributed by atoms with Crippen molar-refractivity contribution < 1.29 is 9.84 Å². The molecule has 0 spiro atoms. The van der Waals surface area contributed by atoms with Crippen molar-refractivity contribution in [2.24, 2.45) is 5.92 Å². The van der Waals surface area contributed by atoms with Crippen molar-refractivity contribution >= 4 is 0 Å². The quantitative estimate of drug-likeness (QED) is 0.853. The summed E-state index contributed by atoms with van der Waals surface area (Å²) in [5, 5.41) is 22.4. The second kappa shape index (κ2) is 5.74. The molecular formula is C14H18N2O2. The minimum Gasteiger partial charge on any atom is -0.504 e. The molecule has 0 amide bonds. The average molecular weight is 246 g/mol. The standard InChI is InChI=1S/C14H18N2O2/c1-18-13-8-11(9-15)7-12(14(13)17)6-10-2-4-16-5-3-10/h7-8,10,16-17H,2-6H2,1H3. The molecule has 0 radical (unpaired) electrons. The molecule has 1 aromatic rings. The van der Waals surface area contributed by atoms with Crippen LogP contribution in [0, 0.1) is 17.2 Å². The molecule has 1 aliphatic heterocycles. The van der Waals surface area contributed by atoms with Crippen molar-refractivity contribution in [2.75, 3.05) is 20.2 Å². The minimum absolute atomic E-state index is 0.176. The van der Waals surface area contributed by atoms with Crippen LogP contribution in [0.2, 0.25) is 0 Å². The van der Waals surface area contributed by atoms with Crippen LogP contribution in [0.5, 0.6) is 11.5 Å². The fourth-order valence-corrected chi connectivity index (χ4v) is 2.44. The van der Waals surface area contributed by atoms with Crippen LogP contribution < -0.4 is 10.1 Å². The predicted octanol–water partition coefficient (Wildman–Crippen LogP) is 1.81. The van der Waals surface area contributed by atoms with E-state index < -0.39 is 0 Å². The second-order valence-electron chi connectivity index (χ2n) is 4.70. The maximum atomic E-state index is 10.1. The molecule has 18 heavy (non-hydrogen) atoms. The van der Waals surface area contributed by atoms with E-state index in [0.29, 0.717) is 17.2 Å². The van der Waals surface area contributed by atoms with Crippen molar-refractivity contribution in [2.45, 2.75) is 19.3 Å². The van der Waals surface area contributed by atoms with Crippen molar-refractivity contribution in [3.05, 3.63) is 23.3 Å². The Labute approximate surface area is 107 Å². The Hall–Kier alpha value is -1.73. The summed E-state index contributed by atoms with van der Waals surface area (Å²) in [6, 6.07) is 5.44. The van der Waals surface area contributed by atoms with E-state index in [1.54, 1.807) is 12.1 Å². The van der Waals surface area contributed by atoms with E-state index in [-0.39, 0.29) is 5.75 Å². The van der Waals surface area contributed by atoms with Crippen LogP contribution in [-0.2, 0) is 6.42 Å². The van der Waals surface area contributed by atoms with Gasteiger partial charge in [0.15, 0.2) is 11.5 Å². The Morgan fingerprint density at radius 3 is 2.78 bits per heavy atom. The van der Waals surface area contributed by atoms with Gasteiger partial charge in [0.2, 0.25) is 0 Å². The van der Waals surface area contributed by atoms with Gasteiger partial charge in [-0.15, -0.1) is 0 Å². The first-order valence-electron chi connectivity index (χ1n) is 6.25. The number of benzene rings is 1. The number of phenolic OH excluding ortho intramolecular Hbond substituents is 1. The van der Waals surface area contributed by atoms with Crippen molar-refractivity contribution in [1.82, 2.24) is 5.32 Å². The van der Waals surface area contributed by atoms with Crippen LogP contribution in [0.15, 0.2) is 12.1 Å². The van der Waals surface area contributed by atoms with Crippen LogP contribution in [0.25, 0.3) is 0 Å². The molecule has 0 atom stereocenters. The SMILES string of the molecule is COc1cc(C#N)cc(CC2CCNCC2)c1O. The van der Waals surface area contributed by atoms with Gasteiger partial charge in [0.1, 0.15) is 0 Å². The van der Waals surface area contributed by atoms with E-state index in [1.807, 2.05) is 0 Å². The highest BCUT2D eigenvalue weighted by Gasteiger charge is 2.18. The highest BCUT2D eigenvalue weighted by atomic mass is 16.5. The lowest BCUT2D eigenvalue weighted by Crippen LogP contribution is -2.28. The molecule has 0 aliphatic carbocycles. The summed E-state index contributed by atoms with van der Waals surface area (Å²) >= 11 is 0. The molecule has 0 bridgehead atoms. The van der Waals surface area contributed by atoms with Gasteiger partial charge in [-0.3, -0.25) is 0 Å². The Balaban J connectivity index is 2.22. The van der Waals surface area contributed by atoms with Crippen molar-refractivity contribution in [3.8, 4) is 17.6 Å². The first-order valence-corrected chi connectivity index (χ1v) is 6.25. The van der Waals surface area contributed by atoms with Gasteiger partial charge in [0.05, 0.1) is 18.7 Å². The van der Waals surface area contributed by atoms with Gasteiger partial charge >= 0.3 is 0 Å². The van der Waals surface area contributed by atoms with Gasteiger partial charge in [-0.2, -0.15) is 5.26 Å². The number of nitriles is 1. The van der Waals surface area contributed by atoms with E-state index >= 15 is 0 Å². The molecular weight excluding hydrogens is 228 g/mol. The average Bonchev–Trinajstić information content (AvgIpc) is 2.42. The van der Waals surface area contributed by atoms with E-state index in [4.69, 9.17) is 10.00 Å². The number of nitrogens with zero attached hydrogens (tertiary/aromatic N) is 1. The monoisotopic (exact) mass is 246 g/mol. The lowest BCUT2D eigenvalue weighted by Gasteiger charge is -2.23. The molecule has 1 fully saturated rings. The first-order chi connectivity index (χ1) is 8.74. The van der Waals surface area contributed by atoms with E-state index in [9.17, 15) is 5.11 Å². The van der Waals surface area contributed by atoms with E-state index in [2.05, 4.69) is 11.4 Å². The second-order valence-corrected chi connectivity index (χ2v) is 4.70. The maximum absolute atomic E-state index is 10.1. The minimum atomic E-state index is 0.176. The summed E-state index contributed by atoms with van der Waals surface area (Å²) in [5.74, 6) is 1.13. The molecule has 1 aliphatic rings. The first kappa shape index (κ1) is 12.7. The van der Waals surface area contributed by atoms with Crippen LogP contribution in [0.3, 0.4) is 0 Å². The van der Waals surface area contributed by atoms with Gasteiger partial charge in [0.25, 0.3) is 0 Å². The number of ether oxygens (including phenoxy) is 1. The van der Waals surface area contributed by atoms with Gasteiger partial charge in [-0.1, -0.05) is 0 Å². The largest absolute Gasteiger partial charge is 0.504 e. The molecule has 0 saturated carbocycles. The fraction of sp³-hybridized carbons (Fsp3) is 0.500. The number of nitrogens with one attached hydrogen (secondary N) is 1. The maximum Gasteiger partial charge on any atom is 0.162 e. The molecule has 1 heterocycles. The Bertz CT molecular complexity index is 460. The van der Waals surface area contributed by atoms with Crippen molar-refractivity contribution in [3.63, 3.8) is 0 Å². The van der Waals surface area contributed by atoms with E-state index in [0.717, 1.165) is 37.9 Å². The molecule has 0 unspecified atom stereocenters. The summed E-state index contributed by atoms with van der Waals surface area (Å²) < 4.78 is 5.10. The van der Waals surface area contributed by atoms with Gasteiger partial charge < -0.3 is 15.2 Å².